The molecule has 3 rings (SSSR count). The third kappa shape index (κ3) is 7.19. The Morgan fingerprint density at radius 2 is 1.90 bits per heavy atom. The highest BCUT2D eigenvalue weighted by Crippen LogP contribution is 2.20. The number of rotatable bonds is 6. The molecule has 5 nitrogen and oxygen atoms in total. The topological polar surface area (TPSA) is 48.9 Å². The average molecular weight is 508 g/mol. The van der Waals surface area contributed by atoms with Gasteiger partial charge in [-0.05, 0) is 43.0 Å². The zero-order valence-corrected chi connectivity index (χ0v) is 19.9. The predicted octanol–water partition coefficient (Wildman–Crippen LogP) is 4.03. The molecule has 0 amide bonds. The van der Waals surface area contributed by atoms with E-state index in [2.05, 4.69) is 63.8 Å². The van der Waals surface area contributed by atoms with Crippen LogP contribution >= 0.6 is 24.0 Å². The van der Waals surface area contributed by atoms with Crippen molar-refractivity contribution in [3.63, 3.8) is 0 Å². The number of guanidine groups is 1. The Kier molecular flexibility index (Phi) is 9.73. The smallest absolute Gasteiger partial charge is 0.191 e. The molecular weight excluding hydrogens is 475 g/mol. The van der Waals surface area contributed by atoms with Gasteiger partial charge < -0.3 is 15.4 Å². The van der Waals surface area contributed by atoms with E-state index in [9.17, 15) is 0 Å². The second-order valence-corrected chi connectivity index (χ2v) is 7.45. The lowest BCUT2D eigenvalue weighted by atomic mass is 9.97. The first-order valence-corrected chi connectivity index (χ1v) is 10.1. The van der Waals surface area contributed by atoms with Gasteiger partial charge in [0, 0.05) is 38.8 Å². The maximum absolute atomic E-state index is 5.30. The summed E-state index contributed by atoms with van der Waals surface area (Å²) in [6.45, 7) is 5.17. The lowest BCUT2D eigenvalue weighted by molar-refractivity contribution is 0.134. The number of aliphatic imine (C=N–C) groups is 1. The molecule has 2 aromatic carbocycles. The number of halogens is 1. The van der Waals surface area contributed by atoms with Gasteiger partial charge in [0.25, 0.3) is 0 Å². The van der Waals surface area contributed by atoms with E-state index >= 15 is 0 Å². The number of piperidine rings is 1. The molecule has 158 valence electrons. The molecule has 0 aromatic heterocycles. The number of hydrogen-bond donors (Lipinski definition) is 2. The summed E-state index contributed by atoms with van der Waals surface area (Å²) >= 11 is 0. The minimum atomic E-state index is 0. The Bertz CT molecular complexity index is 768. The van der Waals surface area contributed by atoms with Crippen molar-refractivity contribution in [2.75, 3.05) is 20.7 Å². The molecule has 2 unspecified atom stereocenters. The molecule has 1 aliphatic rings. The maximum atomic E-state index is 5.30. The van der Waals surface area contributed by atoms with Crippen LogP contribution in [0, 0.1) is 0 Å². The molecule has 0 radical (unpaired) electrons. The third-order valence-corrected chi connectivity index (χ3v) is 5.40. The molecule has 6 heteroatoms. The number of likely N-dealkylation sites (tertiary alicyclic amines) is 1. The number of methoxy groups -OCH3 is 1. The zero-order valence-electron chi connectivity index (χ0n) is 17.6. The second-order valence-electron chi connectivity index (χ2n) is 7.45. The lowest BCUT2D eigenvalue weighted by Crippen LogP contribution is -2.51. The first-order chi connectivity index (χ1) is 13.7. The summed E-state index contributed by atoms with van der Waals surface area (Å²) in [4.78, 5) is 6.97. The molecule has 1 heterocycles. The van der Waals surface area contributed by atoms with Gasteiger partial charge in [0.15, 0.2) is 5.96 Å². The Balaban J connectivity index is 0.00000300. The van der Waals surface area contributed by atoms with Crippen LogP contribution in [0.1, 0.15) is 30.9 Å². The van der Waals surface area contributed by atoms with E-state index in [1.165, 1.54) is 11.1 Å². The van der Waals surface area contributed by atoms with Crippen molar-refractivity contribution in [3.8, 4) is 5.75 Å². The average Bonchev–Trinajstić information content (AvgIpc) is 2.74. The van der Waals surface area contributed by atoms with Gasteiger partial charge in [0.1, 0.15) is 5.75 Å². The summed E-state index contributed by atoms with van der Waals surface area (Å²) in [7, 11) is 3.52. The molecular formula is C23H33IN4O. The van der Waals surface area contributed by atoms with Gasteiger partial charge in [0.2, 0.25) is 0 Å². The fourth-order valence-electron chi connectivity index (χ4n) is 3.76. The standard InChI is InChI=1S/C23H32N4O.HI/c1-18-14-21(12-13-27(18)17-19-8-5-4-6-9-19)26-23(24-2)25-16-20-10-7-11-22(15-20)28-3;/h4-11,15,18,21H,12-14,16-17H2,1-3H3,(H2,24,25,26);1H. The normalized spacial score (nSPS) is 19.9. The van der Waals surface area contributed by atoms with Crippen LogP contribution in [-0.2, 0) is 13.1 Å². The number of nitrogens with one attached hydrogen (secondary N) is 2. The van der Waals surface area contributed by atoms with Gasteiger partial charge in [0.05, 0.1) is 7.11 Å². The number of ether oxygens (including phenoxy) is 1. The van der Waals surface area contributed by atoms with Crippen molar-refractivity contribution in [1.82, 2.24) is 15.5 Å². The molecule has 1 saturated heterocycles. The van der Waals surface area contributed by atoms with Crippen molar-refractivity contribution in [2.24, 2.45) is 4.99 Å². The highest BCUT2D eigenvalue weighted by Gasteiger charge is 2.25. The van der Waals surface area contributed by atoms with Crippen LogP contribution in [0.25, 0.3) is 0 Å². The van der Waals surface area contributed by atoms with Crippen LogP contribution < -0.4 is 15.4 Å². The molecule has 29 heavy (non-hydrogen) atoms. The van der Waals surface area contributed by atoms with E-state index in [1.54, 1.807) is 7.11 Å². The number of benzene rings is 2. The van der Waals surface area contributed by atoms with Gasteiger partial charge in [-0.3, -0.25) is 9.89 Å². The van der Waals surface area contributed by atoms with Crippen molar-refractivity contribution >= 4 is 29.9 Å². The van der Waals surface area contributed by atoms with Crippen LogP contribution in [0.15, 0.2) is 59.6 Å². The van der Waals surface area contributed by atoms with Crippen molar-refractivity contribution in [2.45, 2.75) is 44.9 Å². The molecule has 0 saturated carbocycles. The molecule has 1 fully saturated rings. The van der Waals surface area contributed by atoms with Gasteiger partial charge in [-0.1, -0.05) is 42.5 Å². The third-order valence-electron chi connectivity index (χ3n) is 5.40. The lowest BCUT2D eigenvalue weighted by Gasteiger charge is -2.38. The quantitative estimate of drug-likeness (QED) is 0.352. The number of hydrogen-bond acceptors (Lipinski definition) is 3. The van der Waals surface area contributed by atoms with E-state index in [-0.39, 0.29) is 24.0 Å². The molecule has 0 aliphatic carbocycles. The van der Waals surface area contributed by atoms with Gasteiger partial charge in [-0.2, -0.15) is 0 Å². The fraction of sp³-hybridized carbons (Fsp3) is 0.435. The van der Waals surface area contributed by atoms with Crippen LogP contribution in [0.2, 0.25) is 0 Å². The summed E-state index contributed by atoms with van der Waals surface area (Å²) in [5, 5.41) is 7.02. The largest absolute Gasteiger partial charge is 0.497 e. The highest BCUT2D eigenvalue weighted by molar-refractivity contribution is 14.0. The first kappa shape index (κ1) is 23.5. The van der Waals surface area contributed by atoms with Gasteiger partial charge in [-0.15, -0.1) is 24.0 Å². The van der Waals surface area contributed by atoms with Crippen LogP contribution in [0.4, 0.5) is 0 Å². The van der Waals surface area contributed by atoms with E-state index < -0.39 is 0 Å². The maximum Gasteiger partial charge on any atom is 0.191 e. The second kappa shape index (κ2) is 12.0. The van der Waals surface area contributed by atoms with Gasteiger partial charge in [-0.25, -0.2) is 0 Å². The summed E-state index contributed by atoms with van der Waals surface area (Å²) in [5.74, 6) is 1.73. The monoisotopic (exact) mass is 508 g/mol. The van der Waals surface area contributed by atoms with Crippen LogP contribution in [0.5, 0.6) is 5.75 Å². The Morgan fingerprint density at radius 3 is 2.59 bits per heavy atom. The molecule has 2 N–H and O–H groups in total. The summed E-state index contributed by atoms with van der Waals surface area (Å²) in [6.07, 6.45) is 2.24. The molecule has 2 aromatic rings. The summed E-state index contributed by atoms with van der Waals surface area (Å²) in [5.41, 5.74) is 2.56. The predicted molar refractivity (Wildman–Crippen MR) is 131 cm³/mol. The minimum Gasteiger partial charge on any atom is -0.497 e. The SMILES string of the molecule is CN=C(NCc1cccc(OC)c1)NC1CCN(Cc2ccccc2)C(C)C1.I. The first-order valence-electron chi connectivity index (χ1n) is 10.1. The molecule has 1 aliphatic heterocycles. The van der Waals surface area contributed by atoms with Crippen molar-refractivity contribution in [1.29, 1.82) is 0 Å². The minimum absolute atomic E-state index is 0. The summed E-state index contributed by atoms with van der Waals surface area (Å²) < 4.78 is 5.30. The van der Waals surface area contributed by atoms with E-state index in [0.29, 0.717) is 12.1 Å². The van der Waals surface area contributed by atoms with E-state index in [1.807, 2.05) is 25.2 Å². The Hall–Kier alpha value is -1.80. The summed E-state index contributed by atoms with van der Waals surface area (Å²) in [6, 6.07) is 19.8. The van der Waals surface area contributed by atoms with Gasteiger partial charge >= 0.3 is 0 Å². The van der Waals surface area contributed by atoms with Crippen molar-refractivity contribution in [3.05, 3.63) is 65.7 Å². The van der Waals surface area contributed by atoms with E-state index in [4.69, 9.17) is 4.74 Å². The van der Waals surface area contributed by atoms with E-state index in [0.717, 1.165) is 44.2 Å². The Morgan fingerprint density at radius 1 is 1.14 bits per heavy atom. The number of nitrogens with zero attached hydrogens (tertiary/aromatic N) is 2. The highest BCUT2D eigenvalue weighted by atomic mass is 127. The fourth-order valence-corrected chi connectivity index (χ4v) is 3.76. The molecule has 0 bridgehead atoms. The Labute approximate surface area is 192 Å². The van der Waals surface area contributed by atoms with Crippen LogP contribution in [0.3, 0.4) is 0 Å². The van der Waals surface area contributed by atoms with Crippen molar-refractivity contribution < 1.29 is 4.74 Å². The van der Waals surface area contributed by atoms with Crippen LogP contribution in [-0.4, -0.2) is 43.6 Å². The molecule has 0 spiro atoms. The zero-order chi connectivity index (χ0) is 19.8. The molecule has 2 atom stereocenters.